The van der Waals surface area contributed by atoms with Gasteiger partial charge in [0.25, 0.3) is 0 Å². The second kappa shape index (κ2) is 7.37. The second-order valence-corrected chi connectivity index (χ2v) is 10.0. The molecule has 0 bridgehead atoms. The number of hydrogen-bond acceptors (Lipinski definition) is 3. The van der Waals surface area contributed by atoms with Gasteiger partial charge < -0.3 is 5.32 Å². The smallest absolute Gasteiger partial charge is 0.0976 e. The molecule has 2 nitrogen and oxygen atoms in total. The molecule has 4 heteroatoms. The molecule has 1 aliphatic carbocycles. The number of rotatable bonds is 2. The molecule has 1 aromatic carbocycles. The minimum atomic E-state index is 0. The molecule has 0 spiro atoms. The van der Waals surface area contributed by atoms with Gasteiger partial charge in [0.1, 0.15) is 0 Å². The average Bonchev–Trinajstić information content (AvgIpc) is 3.10. The van der Waals surface area contributed by atoms with E-state index in [4.69, 9.17) is 4.98 Å². The summed E-state index contributed by atoms with van der Waals surface area (Å²) in [6.07, 6.45) is 5.06. The molecule has 26 heavy (non-hydrogen) atoms. The Kier molecular flexibility index (Phi) is 5.68. The number of hydrogen-bond donors (Lipinski definition) is 1. The number of halogens is 1. The number of fused-ring (bicyclic) bond motifs is 1. The van der Waals surface area contributed by atoms with Crippen LogP contribution < -0.4 is 5.32 Å². The number of nitrogens with one attached hydrogen (secondary N) is 1. The van der Waals surface area contributed by atoms with Crippen molar-refractivity contribution in [1.82, 2.24) is 10.3 Å². The predicted molar refractivity (Wildman–Crippen MR) is 118 cm³/mol. The van der Waals surface area contributed by atoms with E-state index in [9.17, 15) is 0 Å². The molecule has 142 valence electrons. The largest absolute Gasteiger partial charge is 0.316 e. The van der Waals surface area contributed by atoms with E-state index in [1.807, 2.05) is 11.3 Å². The lowest BCUT2D eigenvalue weighted by Gasteiger charge is -2.42. The van der Waals surface area contributed by atoms with E-state index in [2.05, 4.69) is 56.6 Å². The topological polar surface area (TPSA) is 24.9 Å². The van der Waals surface area contributed by atoms with Crippen LogP contribution in [0.2, 0.25) is 0 Å². The first-order chi connectivity index (χ1) is 11.9. The third-order valence-corrected chi connectivity index (χ3v) is 7.32. The van der Waals surface area contributed by atoms with Gasteiger partial charge in [-0.2, -0.15) is 0 Å². The highest BCUT2D eigenvalue weighted by Crippen LogP contribution is 2.46. The summed E-state index contributed by atoms with van der Waals surface area (Å²) in [6, 6.07) is 7.08. The van der Waals surface area contributed by atoms with E-state index in [-0.39, 0.29) is 27.8 Å². The van der Waals surface area contributed by atoms with Crippen LogP contribution in [0.15, 0.2) is 23.6 Å². The monoisotopic (exact) mass is 434 g/mol. The molecule has 4 rings (SSSR count). The lowest BCUT2D eigenvalue weighted by molar-refractivity contribution is 0.332. The highest BCUT2D eigenvalue weighted by Gasteiger charge is 2.37. The van der Waals surface area contributed by atoms with Crippen LogP contribution in [0.25, 0.3) is 11.3 Å². The Labute approximate surface area is 172 Å². The van der Waals surface area contributed by atoms with E-state index < -0.39 is 0 Å². The van der Waals surface area contributed by atoms with Gasteiger partial charge in [0.2, 0.25) is 0 Å². The predicted octanol–water partition coefficient (Wildman–Crippen LogP) is 6.20. The van der Waals surface area contributed by atoms with Crippen molar-refractivity contribution >= 4 is 28.3 Å². The third-order valence-electron chi connectivity index (χ3n) is 6.32. The minimum absolute atomic E-state index is 0. The molecule has 2 aromatic rings. The molecule has 1 saturated heterocycles. The molecule has 0 saturated carbocycles. The van der Waals surface area contributed by atoms with Gasteiger partial charge in [0.05, 0.1) is 10.7 Å². The first-order valence-corrected chi connectivity index (χ1v) is 10.6. The highest BCUT2D eigenvalue weighted by molar-refractivity contribution is 8.93. The van der Waals surface area contributed by atoms with Gasteiger partial charge in [0, 0.05) is 23.4 Å². The second-order valence-electron chi connectivity index (χ2n) is 9.14. The summed E-state index contributed by atoms with van der Waals surface area (Å²) >= 11 is 1.84. The summed E-state index contributed by atoms with van der Waals surface area (Å²) < 4.78 is 0. The van der Waals surface area contributed by atoms with Crippen molar-refractivity contribution in [1.29, 1.82) is 0 Å². The summed E-state index contributed by atoms with van der Waals surface area (Å²) in [5, 5.41) is 7.07. The van der Waals surface area contributed by atoms with E-state index in [0.29, 0.717) is 5.92 Å². The Balaban J connectivity index is 0.00000196. The van der Waals surface area contributed by atoms with E-state index >= 15 is 0 Å². The van der Waals surface area contributed by atoms with Crippen molar-refractivity contribution in [2.24, 2.45) is 0 Å². The number of aromatic nitrogens is 1. The van der Waals surface area contributed by atoms with Crippen LogP contribution in [0.4, 0.5) is 0 Å². The fourth-order valence-corrected chi connectivity index (χ4v) is 5.38. The van der Waals surface area contributed by atoms with Gasteiger partial charge in [-0.25, -0.2) is 4.98 Å². The minimum Gasteiger partial charge on any atom is -0.316 e. The van der Waals surface area contributed by atoms with Gasteiger partial charge in [-0.1, -0.05) is 39.8 Å². The molecule has 1 aliphatic heterocycles. The van der Waals surface area contributed by atoms with Crippen LogP contribution in [0.5, 0.6) is 0 Å². The van der Waals surface area contributed by atoms with Crippen LogP contribution >= 0.6 is 28.3 Å². The van der Waals surface area contributed by atoms with Crippen LogP contribution in [-0.2, 0) is 10.8 Å². The van der Waals surface area contributed by atoms with Crippen LogP contribution in [0.1, 0.15) is 75.4 Å². The van der Waals surface area contributed by atoms with Gasteiger partial charge in [-0.15, -0.1) is 28.3 Å². The van der Waals surface area contributed by atoms with E-state index in [1.165, 1.54) is 47.4 Å². The first-order valence-electron chi connectivity index (χ1n) is 9.68. The van der Waals surface area contributed by atoms with Crippen LogP contribution in [-0.4, -0.2) is 18.1 Å². The maximum Gasteiger partial charge on any atom is 0.0976 e. The normalized spacial score (nSPS) is 23.8. The van der Waals surface area contributed by atoms with Crippen molar-refractivity contribution in [2.75, 3.05) is 13.1 Å². The molecule has 1 aromatic heterocycles. The van der Waals surface area contributed by atoms with Crippen LogP contribution in [0, 0.1) is 0 Å². The summed E-state index contributed by atoms with van der Waals surface area (Å²) in [5.41, 5.74) is 6.04. The van der Waals surface area contributed by atoms with Gasteiger partial charge >= 0.3 is 0 Å². The Hall–Kier alpha value is -0.710. The molecule has 0 amide bonds. The van der Waals surface area contributed by atoms with Crippen molar-refractivity contribution in [3.05, 3.63) is 39.7 Å². The maximum atomic E-state index is 5.02. The highest BCUT2D eigenvalue weighted by atomic mass is 79.9. The molecule has 0 radical (unpaired) electrons. The van der Waals surface area contributed by atoms with Gasteiger partial charge in [-0.3, -0.25) is 0 Å². The van der Waals surface area contributed by atoms with Crippen molar-refractivity contribution < 1.29 is 0 Å². The molecule has 2 heterocycles. The van der Waals surface area contributed by atoms with Gasteiger partial charge in [-0.05, 0) is 60.3 Å². The number of thiazole rings is 1. The standard InChI is InChI=1S/C22H30N2S.BrH/c1-21(2)9-10-22(3,4)18-12-15(7-8-17(18)21)19-14-25-20(24-19)16-6-5-11-23-13-16;/h7-8,12,14,16,23H,5-6,9-11,13H2,1-4H3;1H. The van der Waals surface area contributed by atoms with E-state index in [1.54, 1.807) is 0 Å². The first kappa shape index (κ1) is 20.0. The lowest BCUT2D eigenvalue weighted by Crippen LogP contribution is -2.33. The zero-order valence-electron chi connectivity index (χ0n) is 16.4. The average molecular weight is 435 g/mol. The number of piperidine rings is 1. The Morgan fingerprint density at radius 1 is 1.08 bits per heavy atom. The van der Waals surface area contributed by atoms with Gasteiger partial charge in [0.15, 0.2) is 0 Å². The molecule has 1 atom stereocenters. The van der Waals surface area contributed by atoms with Crippen molar-refractivity contribution in [2.45, 2.75) is 70.1 Å². The molecular formula is C22H31BrN2S. The fourth-order valence-electron chi connectivity index (χ4n) is 4.42. The zero-order chi connectivity index (χ0) is 17.7. The summed E-state index contributed by atoms with van der Waals surface area (Å²) in [5.74, 6) is 0.598. The number of nitrogens with zero attached hydrogens (tertiary/aromatic N) is 1. The number of benzene rings is 1. The summed E-state index contributed by atoms with van der Waals surface area (Å²) in [7, 11) is 0. The Morgan fingerprint density at radius 2 is 1.81 bits per heavy atom. The lowest BCUT2D eigenvalue weighted by atomic mass is 9.63. The fraction of sp³-hybridized carbons (Fsp3) is 0.591. The Bertz CT molecular complexity index is 772. The molecule has 1 N–H and O–H groups in total. The summed E-state index contributed by atoms with van der Waals surface area (Å²) in [4.78, 5) is 5.02. The SMILES string of the molecule is Br.CC1(C)CCC(C)(C)c2cc(-c3csc(C4CCCNC4)n3)ccc21. The van der Waals surface area contributed by atoms with E-state index in [0.717, 1.165) is 18.8 Å². The van der Waals surface area contributed by atoms with Crippen molar-refractivity contribution in [3.8, 4) is 11.3 Å². The van der Waals surface area contributed by atoms with Crippen LogP contribution in [0.3, 0.4) is 0 Å². The third kappa shape index (κ3) is 3.65. The zero-order valence-corrected chi connectivity index (χ0v) is 18.9. The molecule has 2 aliphatic rings. The quantitative estimate of drug-likeness (QED) is 0.607. The summed E-state index contributed by atoms with van der Waals surface area (Å²) in [6.45, 7) is 11.8. The molecule has 1 fully saturated rings. The molecular weight excluding hydrogens is 404 g/mol. The maximum absolute atomic E-state index is 5.02. The Morgan fingerprint density at radius 3 is 2.50 bits per heavy atom. The molecule has 1 unspecified atom stereocenters. The van der Waals surface area contributed by atoms with Crippen molar-refractivity contribution in [3.63, 3.8) is 0 Å².